The van der Waals surface area contributed by atoms with Crippen molar-refractivity contribution in [1.29, 1.82) is 0 Å². The van der Waals surface area contributed by atoms with Gasteiger partial charge in [-0.2, -0.15) is 0 Å². The lowest BCUT2D eigenvalue weighted by Crippen LogP contribution is -2.50. The average Bonchev–Trinajstić information content (AvgIpc) is 3.24. The molecule has 11 nitrogen and oxygen atoms in total. The Morgan fingerprint density at radius 2 is 1.79 bits per heavy atom. The van der Waals surface area contributed by atoms with Gasteiger partial charge in [-0.25, -0.2) is 0 Å². The Kier molecular flexibility index (Phi) is 6.89. The summed E-state index contributed by atoms with van der Waals surface area (Å²) in [5, 5.41) is 10.9. The predicted molar refractivity (Wildman–Crippen MR) is 124 cm³/mol. The molecule has 3 aromatic rings. The average molecular weight is 485 g/mol. The van der Waals surface area contributed by atoms with E-state index in [0.29, 0.717) is 44.2 Å². The highest BCUT2D eigenvalue weighted by atomic mass is 32.2. The van der Waals surface area contributed by atoms with Gasteiger partial charge >= 0.3 is 5.88 Å². The van der Waals surface area contributed by atoms with E-state index < -0.39 is 11.1 Å². The minimum absolute atomic E-state index is 0.105. The molecule has 1 saturated heterocycles. The highest BCUT2D eigenvalue weighted by molar-refractivity contribution is 7.14. The number of aromatic hydroxyl groups is 1. The highest BCUT2D eigenvalue weighted by Crippen LogP contribution is 2.38. The van der Waals surface area contributed by atoms with Crippen molar-refractivity contribution in [3.63, 3.8) is 0 Å². The van der Waals surface area contributed by atoms with Crippen molar-refractivity contribution in [3.05, 3.63) is 53.9 Å². The van der Waals surface area contributed by atoms with Crippen molar-refractivity contribution in [2.45, 2.75) is 6.92 Å². The van der Waals surface area contributed by atoms with Gasteiger partial charge in [-0.3, -0.25) is 14.6 Å². The fourth-order valence-corrected chi connectivity index (χ4v) is 4.37. The minimum Gasteiger partial charge on any atom is -0.546 e. The number of anilines is 2. The number of hydrogen-bond acceptors (Lipinski definition) is 9. The quantitative estimate of drug-likeness (QED) is 0.522. The van der Waals surface area contributed by atoms with E-state index in [1.54, 1.807) is 60.3 Å². The van der Waals surface area contributed by atoms with Crippen molar-refractivity contribution in [2.75, 3.05) is 44.7 Å². The molecule has 1 aliphatic rings. The molecular formula is C22H24N6O5S. The number of amides is 2. The zero-order chi connectivity index (χ0) is 24.2. The van der Waals surface area contributed by atoms with Crippen molar-refractivity contribution in [1.82, 2.24) is 23.5 Å². The van der Waals surface area contributed by atoms with Crippen LogP contribution in [0.4, 0.5) is 11.5 Å². The van der Waals surface area contributed by atoms with Gasteiger partial charge in [0.05, 0.1) is 17.9 Å². The summed E-state index contributed by atoms with van der Waals surface area (Å²) >= 11 is -1.81. The number of rotatable bonds is 6. The van der Waals surface area contributed by atoms with Gasteiger partial charge in [0.1, 0.15) is 5.69 Å². The molecule has 0 saturated carbocycles. The summed E-state index contributed by atoms with van der Waals surface area (Å²) in [7, 11) is 1.61. The summed E-state index contributed by atoms with van der Waals surface area (Å²) in [6, 6.07) is 9.95. The van der Waals surface area contributed by atoms with Crippen LogP contribution >= 0.6 is 11.1 Å². The number of phenols is 1. The minimum atomic E-state index is -1.81. The van der Waals surface area contributed by atoms with Gasteiger partial charge in [0.15, 0.2) is 16.9 Å². The van der Waals surface area contributed by atoms with Crippen LogP contribution in [0.15, 0.2) is 42.6 Å². The van der Waals surface area contributed by atoms with Crippen LogP contribution in [0.3, 0.4) is 0 Å². The van der Waals surface area contributed by atoms with E-state index in [9.17, 15) is 19.2 Å². The number of aromatic nitrogens is 3. The van der Waals surface area contributed by atoms with E-state index in [2.05, 4.69) is 13.7 Å². The van der Waals surface area contributed by atoms with Crippen LogP contribution in [0.2, 0.25) is 0 Å². The standard InChI is InChI=1S/C22H24N6O5S/c1-3-33-20-19(24-34(32)25-20)26(2)17-9-6-7-15(18(17)29)21(30)27-11-13-28(14-12-27)22(31)16-8-4-5-10-23-16/h4-10,29H,3,11-14H2,1-2H3. The second kappa shape index (κ2) is 10.0. The SMILES string of the molecule is CCOc1n[s+]([O-])nc1N(C)c1cccc(C(=O)N2CCN(C(=O)c3ccccn3)CC2)c1O. The van der Waals surface area contributed by atoms with Crippen molar-refractivity contribution in [3.8, 4) is 11.6 Å². The summed E-state index contributed by atoms with van der Waals surface area (Å²) in [6.45, 7) is 3.44. The number of para-hydroxylation sites is 1. The lowest BCUT2D eigenvalue weighted by molar-refractivity contribution is 0.0530. The summed E-state index contributed by atoms with van der Waals surface area (Å²) in [5.74, 6) is -0.470. The fraction of sp³-hybridized carbons (Fsp3) is 0.318. The van der Waals surface area contributed by atoms with Gasteiger partial charge in [0.2, 0.25) is 0 Å². The Balaban J connectivity index is 1.49. The number of benzene rings is 1. The molecule has 1 unspecified atom stereocenters. The van der Waals surface area contributed by atoms with E-state index >= 15 is 0 Å². The molecule has 2 amide bonds. The number of carbonyl (C=O) groups excluding carboxylic acids is 2. The summed E-state index contributed by atoms with van der Waals surface area (Å²) < 4.78 is 25.0. The van der Waals surface area contributed by atoms with Crippen LogP contribution in [0, 0.1) is 0 Å². The predicted octanol–water partition coefficient (Wildman–Crippen LogP) is 2.07. The number of ether oxygens (including phenoxy) is 1. The Bertz CT molecular complexity index is 1180. The third-order valence-electron chi connectivity index (χ3n) is 5.46. The van der Waals surface area contributed by atoms with Crippen LogP contribution in [0.1, 0.15) is 27.8 Å². The third-order valence-corrected chi connectivity index (χ3v) is 6.11. The molecule has 1 N–H and O–H groups in total. The molecular weight excluding hydrogens is 460 g/mol. The first kappa shape index (κ1) is 23.4. The Morgan fingerprint density at radius 3 is 2.44 bits per heavy atom. The molecule has 178 valence electrons. The Labute approximate surface area is 199 Å². The molecule has 0 radical (unpaired) electrons. The molecule has 1 fully saturated rings. The van der Waals surface area contributed by atoms with E-state index in [4.69, 9.17) is 4.74 Å². The van der Waals surface area contributed by atoms with Crippen molar-refractivity contribution >= 4 is 34.5 Å². The monoisotopic (exact) mass is 484 g/mol. The summed E-state index contributed by atoms with van der Waals surface area (Å²) in [6.07, 6.45) is 1.57. The number of hydrogen-bond donors (Lipinski definition) is 1. The molecule has 1 aliphatic heterocycles. The van der Waals surface area contributed by atoms with Gasteiger partial charge < -0.3 is 29.1 Å². The highest BCUT2D eigenvalue weighted by Gasteiger charge is 2.29. The smallest absolute Gasteiger partial charge is 0.318 e. The van der Waals surface area contributed by atoms with Crippen LogP contribution in [-0.2, 0) is 0 Å². The number of pyridine rings is 1. The van der Waals surface area contributed by atoms with E-state index in [-0.39, 0.29) is 34.8 Å². The first-order chi connectivity index (χ1) is 16.4. The van der Waals surface area contributed by atoms with Crippen LogP contribution < -0.4 is 9.64 Å². The van der Waals surface area contributed by atoms with Gasteiger partial charge in [-0.05, 0) is 31.2 Å². The topological polar surface area (TPSA) is 135 Å². The normalized spacial score (nSPS) is 14.1. The molecule has 1 atom stereocenters. The van der Waals surface area contributed by atoms with Crippen molar-refractivity contribution in [2.24, 2.45) is 0 Å². The molecule has 0 spiro atoms. The Morgan fingerprint density at radius 1 is 1.09 bits per heavy atom. The fourth-order valence-electron chi connectivity index (χ4n) is 3.70. The molecule has 12 heteroatoms. The van der Waals surface area contributed by atoms with E-state index in [0.717, 1.165) is 0 Å². The molecule has 34 heavy (non-hydrogen) atoms. The van der Waals surface area contributed by atoms with E-state index in [1.807, 2.05) is 0 Å². The van der Waals surface area contributed by atoms with Gasteiger partial charge in [0, 0.05) is 48.2 Å². The number of carbonyl (C=O) groups is 2. The molecule has 4 rings (SSSR count). The van der Waals surface area contributed by atoms with Crippen molar-refractivity contribution < 1.29 is 24.0 Å². The second-order valence-corrected chi connectivity index (χ2v) is 8.33. The lowest BCUT2D eigenvalue weighted by atomic mass is 10.1. The van der Waals surface area contributed by atoms with Crippen LogP contribution in [0.25, 0.3) is 0 Å². The summed E-state index contributed by atoms with van der Waals surface area (Å²) in [5.41, 5.74) is 0.768. The second-order valence-electron chi connectivity index (χ2n) is 7.51. The number of phenolic OH excluding ortho intramolecular Hbond substituents is 1. The van der Waals surface area contributed by atoms with Gasteiger partial charge in [0.25, 0.3) is 17.6 Å². The molecule has 0 bridgehead atoms. The number of piperazine rings is 1. The molecule has 2 aromatic heterocycles. The van der Waals surface area contributed by atoms with Gasteiger partial charge in [-0.15, -0.1) is 0 Å². The van der Waals surface area contributed by atoms with Gasteiger partial charge in [-0.1, -0.05) is 12.1 Å². The maximum Gasteiger partial charge on any atom is 0.318 e. The zero-order valence-corrected chi connectivity index (χ0v) is 19.6. The Hall–Kier alpha value is -3.77. The lowest BCUT2D eigenvalue weighted by Gasteiger charge is -2.34. The molecule has 3 heterocycles. The van der Waals surface area contributed by atoms with E-state index in [1.165, 1.54) is 11.0 Å². The summed E-state index contributed by atoms with van der Waals surface area (Å²) in [4.78, 5) is 34.6. The third kappa shape index (κ3) is 4.63. The first-order valence-electron chi connectivity index (χ1n) is 10.7. The zero-order valence-electron chi connectivity index (χ0n) is 18.7. The first-order valence-corrected chi connectivity index (χ1v) is 11.7. The maximum atomic E-state index is 13.2. The maximum absolute atomic E-state index is 13.2. The number of nitrogens with zero attached hydrogens (tertiary/aromatic N) is 6. The molecule has 0 aliphatic carbocycles. The molecule has 1 aromatic carbocycles. The largest absolute Gasteiger partial charge is 0.546 e. The van der Waals surface area contributed by atoms with Crippen LogP contribution in [-0.4, -0.2) is 84.8 Å². The van der Waals surface area contributed by atoms with Crippen LogP contribution in [0.5, 0.6) is 11.6 Å².